The Hall–Kier alpha value is -1.36. The van der Waals surface area contributed by atoms with Crippen LogP contribution < -0.4 is 0 Å². The predicted molar refractivity (Wildman–Crippen MR) is 69.7 cm³/mol. The Morgan fingerprint density at radius 1 is 1.22 bits per heavy atom. The normalized spacial score (nSPS) is 14.8. The lowest BCUT2D eigenvalue weighted by atomic mass is 10.1. The Labute approximate surface area is 108 Å². The van der Waals surface area contributed by atoms with Crippen LogP contribution in [0, 0.1) is 5.92 Å². The van der Waals surface area contributed by atoms with E-state index in [-0.39, 0.29) is 5.75 Å². The lowest BCUT2D eigenvalue weighted by molar-refractivity contribution is -0.144. The molecular weight excluding hydrogens is 252 g/mol. The van der Waals surface area contributed by atoms with Gasteiger partial charge in [0.2, 0.25) is 0 Å². The maximum Gasteiger partial charge on any atom is 0.309 e. The molecule has 1 rings (SSSR count). The van der Waals surface area contributed by atoms with Crippen molar-refractivity contribution >= 4 is 15.8 Å². The highest BCUT2D eigenvalue weighted by molar-refractivity contribution is 7.91. The lowest BCUT2D eigenvalue weighted by Crippen LogP contribution is -2.32. The van der Waals surface area contributed by atoms with Crippen LogP contribution in [0.25, 0.3) is 0 Å². The standard InChI is InChI=1S/C13H18O4S/c1-10(13(14)17-3)11(2)18(15,16)9-12-7-5-4-6-8-12/h4-8,10-11H,9H2,1-3H3. The Morgan fingerprint density at radius 2 is 1.78 bits per heavy atom. The molecule has 2 unspecified atom stereocenters. The monoisotopic (exact) mass is 270 g/mol. The van der Waals surface area contributed by atoms with Crippen LogP contribution in [0.1, 0.15) is 19.4 Å². The SMILES string of the molecule is COC(=O)C(C)C(C)S(=O)(=O)Cc1ccccc1. The van der Waals surface area contributed by atoms with Gasteiger partial charge in [-0.2, -0.15) is 0 Å². The molecule has 0 aromatic heterocycles. The molecule has 0 fully saturated rings. The van der Waals surface area contributed by atoms with E-state index in [9.17, 15) is 13.2 Å². The molecule has 1 aromatic carbocycles. The molecule has 0 spiro atoms. The summed E-state index contributed by atoms with van der Waals surface area (Å²) in [6.07, 6.45) is 0. The molecule has 0 radical (unpaired) electrons. The third-order valence-corrected chi connectivity index (χ3v) is 5.33. The largest absolute Gasteiger partial charge is 0.469 e. The Bertz CT molecular complexity index is 493. The summed E-state index contributed by atoms with van der Waals surface area (Å²) in [7, 11) is -2.11. The number of carbonyl (C=O) groups is 1. The molecule has 0 amide bonds. The number of benzene rings is 1. The van der Waals surface area contributed by atoms with E-state index in [1.54, 1.807) is 38.1 Å². The fourth-order valence-electron chi connectivity index (χ4n) is 1.63. The van der Waals surface area contributed by atoms with Crippen LogP contribution in [0.2, 0.25) is 0 Å². The van der Waals surface area contributed by atoms with Gasteiger partial charge in [-0.15, -0.1) is 0 Å². The van der Waals surface area contributed by atoms with E-state index in [2.05, 4.69) is 4.74 Å². The predicted octanol–water partition coefficient (Wildman–Crippen LogP) is 1.80. The fourth-order valence-corrected chi connectivity index (χ4v) is 3.28. The first kappa shape index (κ1) is 14.7. The molecule has 100 valence electrons. The van der Waals surface area contributed by atoms with Crippen LogP contribution >= 0.6 is 0 Å². The Kier molecular flexibility index (Phi) is 4.90. The van der Waals surface area contributed by atoms with E-state index in [0.717, 1.165) is 5.56 Å². The lowest BCUT2D eigenvalue weighted by Gasteiger charge is -2.18. The summed E-state index contributed by atoms with van der Waals surface area (Å²) in [5.74, 6) is -1.22. The van der Waals surface area contributed by atoms with Crippen LogP contribution in [0.4, 0.5) is 0 Å². The molecule has 0 N–H and O–H groups in total. The highest BCUT2D eigenvalue weighted by atomic mass is 32.2. The average molecular weight is 270 g/mol. The fraction of sp³-hybridized carbons (Fsp3) is 0.462. The van der Waals surface area contributed by atoms with Crippen molar-refractivity contribution in [2.75, 3.05) is 7.11 Å². The minimum Gasteiger partial charge on any atom is -0.469 e. The molecule has 0 heterocycles. The molecule has 1 aromatic rings. The second-order valence-corrected chi connectivity index (χ2v) is 6.67. The van der Waals surface area contributed by atoms with E-state index in [4.69, 9.17) is 0 Å². The Balaban J connectivity index is 2.84. The van der Waals surface area contributed by atoms with Crippen LogP contribution in [0.15, 0.2) is 30.3 Å². The zero-order valence-electron chi connectivity index (χ0n) is 10.8. The molecule has 18 heavy (non-hydrogen) atoms. The third kappa shape index (κ3) is 3.57. The molecule has 0 saturated carbocycles. The second kappa shape index (κ2) is 6.00. The van der Waals surface area contributed by atoms with Gasteiger partial charge >= 0.3 is 5.97 Å². The minimum absolute atomic E-state index is 0.0592. The van der Waals surface area contributed by atoms with Gasteiger partial charge in [-0.25, -0.2) is 8.42 Å². The molecular formula is C13H18O4S. The first-order valence-electron chi connectivity index (χ1n) is 5.72. The number of sulfone groups is 1. The summed E-state index contributed by atoms with van der Waals surface area (Å²) in [6, 6.07) is 8.93. The van der Waals surface area contributed by atoms with Gasteiger partial charge in [-0.3, -0.25) is 4.79 Å². The minimum atomic E-state index is -3.37. The van der Waals surface area contributed by atoms with Gasteiger partial charge in [0.05, 0.1) is 24.0 Å². The van der Waals surface area contributed by atoms with Crippen molar-refractivity contribution in [1.82, 2.24) is 0 Å². The van der Waals surface area contributed by atoms with Gasteiger partial charge in [0.15, 0.2) is 9.84 Å². The highest BCUT2D eigenvalue weighted by Crippen LogP contribution is 2.18. The van der Waals surface area contributed by atoms with Gasteiger partial charge in [-0.05, 0) is 12.5 Å². The quantitative estimate of drug-likeness (QED) is 0.765. The third-order valence-electron chi connectivity index (χ3n) is 3.05. The van der Waals surface area contributed by atoms with Gasteiger partial charge in [0.1, 0.15) is 0 Å². The summed E-state index contributed by atoms with van der Waals surface area (Å²) in [6.45, 7) is 3.11. The van der Waals surface area contributed by atoms with Crippen LogP contribution in [0.5, 0.6) is 0 Å². The van der Waals surface area contributed by atoms with E-state index in [0.29, 0.717) is 0 Å². The number of esters is 1. The van der Waals surface area contributed by atoms with Gasteiger partial charge in [0, 0.05) is 0 Å². The Morgan fingerprint density at radius 3 is 2.28 bits per heavy atom. The van der Waals surface area contributed by atoms with Gasteiger partial charge < -0.3 is 4.74 Å². The summed E-state index contributed by atoms with van der Waals surface area (Å²) in [4.78, 5) is 11.4. The summed E-state index contributed by atoms with van der Waals surface area (Å²) in [5, 5.41) is -0.759. The van der Waals surface area contributed by atoms with Crippen molar-refractivity contribution in [3.8, 4) is 0 Å². The number of hydrogen-bond donors (Lipinski definition) is 0. The number of methoxy groups -OCH3 is 1. The first-order chi connectivity index (χ1) is 8.38. The number of carbonyl (C=O) groups excluding carboxylic acids is 1. The molecule has 0 bridgehead atoms. The van der Waals surface area contributed by atoms with E-state index in [1.165, 1.54) is 7.11 Å². The summed E-state index contributed by atoms with van der Waals surface area (Å²) in [5.41, 5.74) is 0.724. The second-order valence-electron chi connectivity index (χ2n) is 4.31. The first-order valence-corrected chi connectivity index (χ1v) is 7.43. The van der Waals surface area contributed by atoms with E-state index < -0.39 is 27.0 Å². The highest BCUT2D eigenvalue weighted by Gasteiger charge is 2.31. The zero-order valence-corrected chi connectivity index (χ0v) is 11.6. The molecule has 2 atom stereocenters. The van der Waals surface area contributed by atoms with E-state index in [1.807, 2.05) is 6.07 Å². The molecule has 0 aliphatic rings. The van der Waals surface area contributed by atoms with Crippen LogP contribution in [-0.4, -0.2) is 26.7 Å². The maximum atomic E-state index is 12.2. The smallest absolute Gasteiger partial charge is 0.309 e. The summed E-state index contributed by atoms with van der Waals surface area (Å²) < 4.78 is 28.9. The van der Waals surface area contributed by atoms with E-state index >= 15 is 0 Å². The van der Waals surface area contributed by atoms with Crippen LogP contribution in [-0.2, 0) is 25.1 Å². The molecule has 5 heteroatoms. The van der Waals surface area contributed by atoms with Crippen molar-refractivity contribution in [3.63, 3.8) is 0 Å². The molecule has 0 aliphatic heterocycles. The molecule has 0 saturated heterocycles. The van der Waals surface area contributed by atoms with Crippen molar-refractivity contribution in [3.05, 3.63) is 35.9 Å². The average Bonchev–Trinajstić information content (AvgIpc) is 2.36. The van der Waals surface area contributed by atoms with Crippen molar-refractivity contribution in [1.29, 1.82) is 0 Å². The zero-order chi connectivity index (χ0) is 13.8. The van der Waals surface area contributed by atoms with Crippen molar-refractivity contribution in [2.24, 2.45) is 5.92 Å². The van der Waals surface area contributed by atoms with Crippen molar-refractivity contribution < 1.29 is 17.9 Å². The van der Waals surface area contributed by atoms with Crippen molar-refractivity contribution in [2.45, 2.75) is 24.9 Å². The van der Waals surface area contributed by atoms with Gasteiger partial charge in [0.25, 0.3) is 0 Å². The van der Waals surface area contributed by atoms with Gasteiger partial charge in [-0.1, -0.05) is 37.3 Å². The van der Waals surface area contributed by atoms with Crippen LogP contribution in [0.3, 0.4) is 0 Å². The number of hydrogen-bond acceptors (Lipinski definition) is 4. The summed E-state index contributed by atoms with van der Waals surface area (Å²) >= 11 is 0. The topological polar surface area (TPSA) is 60.4 Å². The molecule has 0 aliphatic carbocycles. The number of rotatable bonds is 5. The molecule has 4 nitrogen and oxygen atoms in total. The number of ether oxygens (including phenoxy) is 1. The maximum absolute atomic E-state index is 12.2.